The Kier molecular flexibility index (Phi) is 5.91. The molecule has 8 heteroatoms. The van der Waals surface area contributed by atoms with E-state index in [1.54, 1.807) is 11.8 Å². The van der Waals surface area contributed by atoms with Gasteiger partial charge in [0.25, 0.3) is 11.6 Å². The third-order valence-electron chi connectivity index (χ3n) is 2.38. The van der Waals surface area contributed by atoms with E-state index < -0.39 is 10.8 Å². The second-order valence-corrected chi connectivity index (χ2v) is 5.14. The summed E-state index contributed by atoms with van der Waals surface area (Å²) < 4.78 is 0. The van der Waals surface area contributed by atoms with Gasteiger partial charge >= 0.3 is 0 Å². The number of halogens is 1. The molecule has 1 amide bonds. The Morgan fingerprint density at radius 3 is 2.84 bits per heavy atom. The number of hydrogen-bond donors (Lipinski definition) is 2. The molecule has 0 fully saturated rings. The summed E-state index contributed by atoms with van der Waals surface area (Å²) in [7, 11) is 0. The lowest BCUT2D eigenvalue weighted by Crippen LogP contribution is -2.25. The maximum Gasteiger partial charge on any atom is 0.271 e. The third kappa shape index (κ3) is 4.29. The van der Waals surface area contributed by atoms with Gasteiger partial charge in [-0.05, 0) is 18.4 Å². The Hall–Kier alpha value is -1.47. The fourth-order valence-corrected chi connectivity index (χ4v) is 2.06. The maximum absolute atomic E-state index is 11.9. The molecular weight excluding hydrogens is 290 g/mol. The van der Waals surface area contributed by atoms with Gasteiger partial charge in [0, 0.05) is 18.7 Å². The molecular formula is C11H14ClN3O3S. The lowest BCUT2D eigenvalue weighted by atomic mass is 10.1. The summed E-state index contributed by atoms with van der Waals surface area (Å²) in [5.41, 5.74) is 5.49. The van der Waals surface area contributed by atoms with E-state index in [-0.39, 0.29) is 22.0 Å². The summed E-state index contributed by atoms with van der Waals surface area (Å²) in [6, 6.07) is 2.26. The smallest absolute Gasteiger partial charge is 0.271 e. The van der Waals surface area contributed by atoms with E-state index in [0.29, 0.717) is 6.54 Å². The molecule has 1 rings (SSSR count). The molecule has 0 spiro atoms. The molecule has 0 aliphatic rings. The van der Waals surface area contributed by atoms with Crippen molar-refractivity contribution in [3.63, 3.8) is 0 Å². The van der Waals surface area contributed by atoms with Crippen LogP contribution in [0, 0.1) is 10.1 Å². The van der Waals surface area contributed by atoms with E-state index in [1.165, 1.54) is 0 Å². The first-order chi connectivity index (χ1) is 8.97. The van der Waals surface area contributed by atoms with Gasteiger partial charge in [0.15, 0.2) is 0 Å². The van der Waals surface area contributed by atoms with Crippen molar-refractivity contribution in [1.29, 1.82) is 0 Å². The molecule has 0 bridgehead atoms. The van der Waals surface area contributed by atoms with Crippen molar-refractivity contribution in [3.05, 3.63) is 32.8 Å². The van der Waals surface area contributed by atoms with Crippen LogP contribution in [-0.2, 0) is 0 Å². The van der Waals surface area contributed by atoms with Gasteiger partial charge in [0.2, 0.25) is 0 Å². The van der Waals surface area contributed by atoms with Crippen molar-refractivity contribution in [2.45, 2.75) is 6.42 Å². The molecule has 1 aromatic carbocycles. The number of anilines is 1. The van der Waals surface area contributed by atoms with E-state index in [1.807, 2.05) is 6.26 Å². The molecule has 6 nitrogen and oxygen atoms in total. The Balaban J connectivity index is 2.86. The minimum Gasteiger partial charge on any atom is -0.397 e. The fraction of sp³-hybridized carbons (Fsp3) is 0.364. The van der Waals surface area contributed by atoms with Crippen molar-refractivity contribution < 1.29 is 9.72 Å². The van der Waals surface area contributed by atoms with Crippen LogP contribution in [0.1, 0.15) is 16.8 Å². The summed E-state index contributed by atoms with van der Waals surface area (Å²) in [5.74, 6) is 0.468. The molecule has 0 aromatic heterocycles. The molecule has 0 radical (unpaired) electrons. The SMILES string of the molecule is CSCCCNC(=O)c1cc([N+](=O)[O-])cc(Cl)c1N. The van der Waals surface area contributed by atoms with Gasteiger partial charge in [0.1, 0.15) is 0 Å². The highest BCUT2D eigenvalue weighted by atomic mass is 35.5. The number of nitrogens with one attached hydrogen (secondary N) is 1. The fourth-order valence-electron chi connectivity index (χ4n) is 1.41. The summed E-state index contributed by atoms with van der Waals surface area (Å²) in [5, 5.41) is 13.4. The van der Waals surface area contributed by atoms with Crippen molar-refractivity contribution in [2.24, 2.45) is 0 Å². The molecule has 0 unspecified atom stereocenters. The van der Waals surface area contributed by atoms with Crippen molar-refractivity contribution in [2.75, 3.05) is 24.3 Å². The second kappa shape index (κ2) is 7.20. The van der Waals surface area contributed by atoms with Crippen molar-refractivity contribution in [1.82, 2.24) is 5.32 Å². The normalized spacial score (nSPS) is 10.2. The van der Waals surface area contributed by atoms with Crippen LogP contribution < -0.4 is 11.1 Å². The number of benzene rings is 1. The van der Waals surface area contributed by atoms with E-state index in [0.717, 1.165) is 24.3 Å². The number of nitrogens with zero attached hydrogens (tertiary/aromatic N) is 1. The summed E-state index contributed by atoms with van der Waals surface area (Å²) in [6.45, 7) is 0.486. The largest absolute Gasteiger partial charge is 0.397 e. The van der Waals surface area contributed by atoms with Crippen LogP contribution in [0.5, 0.6) is 0 Å². The predicted molar refractivity (Wildman–Crippen MR) is 77.9 cm³/mol. The minimum absolute atomic E-state index is 0.00321. The first kappa shape index (κ1) is 15.6. The molecule has 0 heterocycles. The Morgan fingerprint density at radius 1 is 1.58 bits per heavy atom. The molecule has 0 atom stereocenters. The van der Waals surface area contributed by atoms with Crippen molar-refractivity contribution >= 4 is 40.6 Å². The maximum atomic E-state index is 11.9. The number of hydrogen-bond acceptors (Lipinski definition) is 5. The van der Waals surface area contributed by atoms with Gasteiger partial charge in [-0.2, -0.15) is 11.8 Å². The Morgan fingerprint density at radius 2 is 2.26 bits per heavy atom. The van der Waals surface area contributed by atoms with Crippen LogP contribution in [-0.4, -0.2) is 29.4 Å². The molecule has 19 heavy (non-hydrogen) atoms. The highest BCUT2D eigenvalue weighted by Crippen LogP contribution is 2.28. The summed E-state index contributed by atoms with van der Waals surface area (Å²) in [4.78, 5) is 22.0. The first-order valence-corrected chi connectivity index (χ1v) is 7.25. The number of nitrogens with two attached hydrogens (primary N) is 1. The van der Waals surface area contributed by atoms with Crippen LogP contribution in [0.25, 0.3) is 0 Å². The van der Waals surface area contributed by atoms with Gasteiger partial charge in [0.05, 0.1) is 21.2 Å². The number of nitrogen functional groups attached to an aromatic ring is 1. The van der Waals surface area contributed by atoms with E-state index in [9.17, 15) is 14.9 Å². The van der Waals surface area contributed by atoms with Crippen molar-refractivity contribution in [3.8, 4) is 0 Å². The van der Waals surface area contributed by atoms with Crippen LogP contribution in [0.2, 0.25) is 5.02 Å². The average molecular weight is 304 g/mol. The van der Waals surface area contributed by atoms with Crippen LogP contribution in [0.15, 0.2) is 12.1 Å². The first-order valence-electron chi connectivity index (χ1n) is 5.48. The highest BCUT2D eigenvalue weighted by molar-refractivity contribution is 7.98. The molecule has 0 aliphatic carbocycles. The van der Waals surface area contributed by atoms with Gasteiger partial charge in [-0.15, -0.1) is 0 Å². The zero-order valence-electron chi connectivity index (χ0n) is 10.3. The number of nitro groups is 1. The van der Waals surface area contributed by atoms with Gasteiger partial charge in [-0.3, -0.25) is 14.9 Å². The number of rotatable bonds is 6. The average Bonchev–Trinajstić information content (AvgIpc) is 2.37. The van der Waals surface area contributed by atoms with Gasteiger partial charge in [-0.1, -0.05) is 11.6 Å². The second-order valence-electron chi connectivity index (χ2n) is 3.75. The number of carbonyl (C=O) groups is 1. The Labute approximate surface area is 119 Å². The quantitative estimate of drug-likeness (QED) is 0.364. The number of amides is 1. The molecule has 0 saturated carbocycles. The molecule has 104 valence electrons. The Bertz CT molecular complexity index is 496. The summed E-state index contributed by atoms with van der Waals surface area (Å²) in [6.07, 6.45) is 2.79. The number of nitro benzene ring substituents is 1. The molecule has 1 aromatic rings. The predicted octanol–water partition coefficient (Wildman–Crippen LogP) is 2.31. The molecule has 3 N–H and O–H groups in total. The third-order valence-corrected chi connectivity index (χ3v) is 3.39. The number of thioether (sulfide) groups is 1. The standard InChI is InChI=1S/C11H14ClN3O3S/c1-19-4-2-3-14-11(16)8-5-7(15(17)18)6-9(12)10(8)13/h5-6H,2-4,13H2,1H3,(H,14,16). The lowest BCUT2D eigenvalue weighted by molar-refractivity contribution is -0.384. The monoisotopic (exact) mass is 303 g/mol. The van der Waals surface area contributed by atoms with Gasteiger partial charge < -0.3 is 11.1 Å². The van der Waals surface area contributed by atoms with Gasteiger partial charge in [-0.25, -0.2) is 0 Å². The van der Waals surface area contributed by atoms with Crippen LogP contribution in [0.4, 0.5) is 11.4 Å². The number of non-ortho nitro benzene ring substituents is 1. The summed E-state index contributed by atoms with van der Waals surface area (Å²) >= 11 is 7.45. The van der Waals surface area contributed by atoms with E-state index in [2.05, 4.69) is 5.32 Å². The topological polar surface area (TPSA) is 98.3 Å². The van der Waals surface area contributed by atoms with Crippen LogP contribution >= 0.6 is 23.4 Å². The highest BCUT2D eigenvalue weighted by Gasteiger charge is 2.18. The minimum atomic E-state index is -0.615. The molecule has 0 saturated heterocycles. The van der Waals surface area contributed by atoms with E-state index in [4.69, 9.17) is 17.3 Å². The zero-order valence-corrected chi connectivity index (χ0v) is 11.9. The molecule has 0 aliphatic heterocycles. The lowest BCUT2D eigenvalue weighted by Gasteiger charge is -2.08. The number of carbonyl (C=O) groups excluding carboxylic acids is 1. The van der Waals surface area contributed by atoms with E-state index >= 15 is 0 Å². The zero-order chi connectivity index (χ0) is 14.4. The van der Waals surface area contributed by atoms with Crippen LogP contribution in [0.3, 0.4) is 0 Å².